The summed E-state index contributed by atoms with van der Waals surface area (Å²) in [5, 5.41) is 13.3. The third-order valence-electron chi connectivity index (χ3n) is 2.69. The predicted molar refractivity (Wildman–Crippen MR) is 59.8 cm³/mol. The van der Waals surface area contributed by atoms with Crippen molar-refractivity contribution in [3.05, 3.63) is 40.6 Å². The molecule has 1 aromatic heterocycles. The van der Waals surface area contributed by atoms with Crippen LogP contribution in [0.1, 0.15) is 23.0 Å². The average molecular weight is 343 g/mol. The fourth-order valence-electron chi connectivity index (χ4n) is 1.83. The van der Waals surface area contributed by atoms with Gasteiger partial charge in [0.15, 0.2) is 29.1 Å². The number of hydrogen-bond acceptors (Lipinski definition) is 3. The van der Waals surface area contributed by atoms with Gasteiger partial charge in [-0.05, 0) is 13.8 Å². The smallest absolute Gasteiger partial charge is 0.225 e. The molecule has 21 heavy (non-hydrogen) atoms. The molecule has 0 amide bonds. The van der Waals surface area contributed by atoms with E-state index in [2.05, 4.69) is 5.10 Å². The molecule has 0 bridgehead atoms. The van der Waals surface area contributed by atoms with Gasteiger partial charge in [-0.2, -0.15) is 9.78 Å². The molecule has 2 rings (SSSR count). The Labute approximate surface area is 126 Å². The van der Waals surface area contributed by atoms with Gasteiger partial charge >= 0.3 is 0 Å². The molecule has 0 saturated carbocycles. The van der Waals surface area contributed by atoms with Crippen molar-refractivity contribution in [3.63, 3.8) is 0 Å². The minimum absolute atomic E-state index is 0. The molecule has 2 aromatic rings. The van der Waals surface area contributed by atoms with Crippen LogP contribution in [0, 0.1) is 30.2 Å². The van der Waals surface area contributed by atoms with Gasteiger partial charge in [0.2, 0.25) is 5.88 Å². The largest absolute Gasteiger partial charge is 0.493 e. The Kier molecular flexibility index (Phi) is 4.80. The molecule has 1 aromatic carbocycles. The number of aryl methyl sites for hydroxylation is 1. The zero-order valence-electron chi connectivity index (χ0n) is 10.7. The van der Waals surface area contributed by atoms with E-state index in [-0.39, 0.29) is 39.1 Å². The quantitative estimate of drug-likeness (QED) is 0.395. The van der Waals surface area contributed by atoms with E-state index in [4.69, 9.17) is 0 Å². The van der Waals surface area contributed by atoms with Gasteiger partial charge in [0, 0.05) is 23.1 Å². The minimum Gasteiger partial charge on any atom is -0.493 e. The molecule has 0 aliphatic heterocycles. The molecular weight excluding hydrogens is 335 g/mol. The van der Waals surface area contributed by atoms with Crippen LogP contribution in [-0.2, 0) is 17.1 Å². The maximum atomic E-state index is 13.6. The Morgan fingerprint density at radius 3 is 2.05 bits per heavy atom. The molecule has 0 spiro atoms. The number of benzene rings is 1. The van der Waals surface area contributed by atoms with Gasteiger partial charge in [0.05, 0.1) is 5.69 Å². The van der Waals surface area contributed by atoms with Crippen molar-refractivity contribution in [3.8, 4) is 11.6 Å². The summed E-state index contributed by atoms with van der Waals surface area (Å²) in [5.74, 6) is -8.23. The van der Waals surface area contributed by atoms with Crippen molar-refractivity contribution >= 4 is 5.78 Å². The number of halogens is 4. The van der Waals surface area contributed by atoms with Crippen LogP contribution in [0.5, 0.6) is 5.88 Å². The Morgan fingerprint density at radius 1 is 1.19 bits per heavy atom. The SMILES string of the molecule is CC(=O)c1c(C)nn(-c2c(F)c(F)cc(F)c2F)c1O.[Mn]. The van der Waals surface area contributed by atoms with E-state index in [0.29, 0.717) is 0 Å². The number of aromatic hydroxyl groups is 1. The van der Waals surface area contributed by atoms with Gasteiger partial charge in [-0.25, -0.2) is 17.6 Å². The second-order valence-corrected chi connectivity index (χ2v) is 4.07. The number of nitrogens with zero attached hydrogens (tertiary/aromatic N) is 2. The molecule has 0 atom stereocenters. The van der Waals surface area contributed by atoms with Gasteiger partial charge < -0.3 is 5.11 Å². The van der Waals surface area contributed by atoms with Crippen LogP contribution >= 0.6 is 0 Å². The monoisotopic (exact) mass is 343 g/mol. The van der Waals surface area contributed by atoms with E-state index in [0.717, 1.165) is 6.92 Å². The summed E-state index contributed by atoms with van der Waals surface area (Å²) in [6.07, 6.45) is 0. The first-order valence-electron chi connectivity index (χ1n) is 5.38. The van der Waals surface area contributed by atoms with Crippen LogP contribution in [0.25, 0.3) is 5.69 Å². The second-order valence-electron chi connectivity index (χ2n) is 4.07. The third kappa shape index (κ3) is 2.66. The van der Waals surface area contributed by atoms with Gasteiger partial charge in [-0.3, -0.25) is 4.79 Å². The fraction of sp³-hybridized carbons (Fsp3) is 0.167. The van der Waals surface area contributed by atoms with Crippen LogP contribution in [0.2, 0.25) is 0 Å². The number of Topliss-reactive ketones (excluding diaryl/α,β-unsaturated/α-hetero) is 1. The number of ketones is 1. The van der Waals surface area contributed by atoms with Gasteiger partial charge in [-0.15, -0.1) is 0 Å². The van der Waals surface area contributed by atoms with E-state index in [1.165, 1.54) is 6.92 Å². The molecule has 0 unspecified atom stereocenters. The molecule has 0 saturated heterocycles. The summed E-state index contributed by atoms with van der Waals surface area (Å²) >= 11 is 0. The second kappa shape index (κ2) is 5.87. The van der Waals surface area contributed by atoms with Crippen LogP contribution in [0.15, 0.2) is 6.07 Å². The number of hydrogen-bond donors (Lipinski definition) is 1. The van der Waals surface area contributed by atoms with Gasteiger partial charge in [-0.1, -0.05) is 0 Å². The zero-order chi connectivity index (χ0) is 15.2. The number of carbonyl (C=O) groups excluding carboxylic acids is 1. The molecule has 0 aliphatic rings. The molecule has 1 heterocycles. The summed E-state index contributed by atoms with van der Waals surface area (Å²) < 4.78 is 53.7. The zero-order valence-corrected chi connectivity index (χ0v) is 11.9. The Hall–Kier alpha value is -1.86. The van der Waals surface area contributed by atoms with Gasteiger partial charge in [0.1, 0.15) is 11.3 Å². The van der Waals surface area contributed by atoms with E-state index in [1.807, 2.05) is 0 Å². The molecule has 4 nitrogen and oxygen atoms in total. The van der Waals surface area contributed by atoms with Crippen LogP contribution in [0.3, 0.4) is 0 Å². The normalized spacial score (nSPS) is 10.4. The Morgan fingerprint density at radius 2 is 1.67 bits per heavy atom. The number of rotatable bonds is 2. The van der Waals surface area contributed by atoms with E-state index in [1.54, 1.807) is 0 Å². The predicted octanol–water partition coefficient (Wildman–Crippen LogP) is 2.64. The van der Waals surface area contributed by atoms with E-state index >= 15 is 0 Å². The maximum absolute atomic E-state index is 13.6. The van der Waals surface area contributed by atoms with Crippen molar-refractivity contribution in [1.82, 2.24) is 9.78 Å². The minimum atomic E-state index is -1.73. The standard InChI is InChI=1S/C12H8F4N2O2.Mn/c1-4-8(5(2)19)12(20)18(17-4)11-9(15)6(13)3-7(14)10(11)16;/h3,20H,1-2H3;. The van der Waals surface area contributed by atoms with Crippen molar-refractivity contribution in [2.24, 2.45) is 0 Å². The first-order chi connectivity index (χ1) is 9.25. The topological polar surface area (TPSA) is 55.1 Å². The van der Waals surface area contributed by atoms with Crippen molar-refractivity contribution < 1.29 is 44.5 Å². The van der Waals surface area contributed by atoms with Gasteiger partial charge in [0.25, 0.3) is 0 Å². The fourth-order valence-corrected chi connectivity index (χ4v) is 1.83. The molecule has 9 heteroatoms. The van der Waals surface area contributed by atoms with E-state index < -0.39 is 40.6 Å². The van der Waals surface area contributed by atoms with Crippen molar-refractivity contribution in [2.75, 3.05) is 0 Å². The molecule has 1 N–H and O–H groups in total. The molecule has 0 fully saturated rings. The molecule has 1 radical (unpaired) electrons. The van der Waals surface area contributed by atoms with Crippen LogP contribution in [-0.4, -0.2) is 20.7 Å². The maximum Gasteiger partial charge on any atom is 0.225 e. The molecular formula is C12H8F4MnN2O2. The van der Waals surface area contributed by atoms with Crippen LogP contribution < -0.4 is 0 Å². The first kappa shape index (κ1) is 17.2. The summed E-state index contributed by atoms with van der Waals surface area (Å²) in [5.41, 5.74) is -1.54. The third-order valence-corrected chi connectivity index (χ3v) is 2.69. The Bertz CT molecular complexity index is 705. The first-order valence-corrected chi connectivity index (χ1v) is 5.38. The van der Waals surface area contributed by atoms with Crippen molar-refractivity contribution in [2.45, 2.75) is 13.8 Å². The molecule has 113 valence electrons. The Balaban J connectivity index is 0.00000220. The summed E-state index contributed by atoms with van der Waals surface area (Å²) in [6.45, 7) is 2.41. The number of carbonyl (C=O) groups is 1. The van der Waals surface area contributed by atoms with Crippen molar-refractivity contribution in [1.29, 1.82) is 0 Å². The van der Waals surface area contributed by atoms with E-state index in [9.17, 15) is 27.5 Å². The molecule has 0 aliphatic carbocycles. The summed E-state index contributed by atoms with van der Waals surface area (Å²) in [7, 11) is 0. The number of aromatic nitrogens is 2. The average Bonchev–Trinajstić information content (AvgIpc) is 2.63. The summed E-state index contributed by atoms with van der Waals surface area (Å²) in [6, 6.07) is 0.0352. The van der Waals surface area contributed by atoms with Crippen LogP contribution in [0.4, 0.5) is 17.6 Å². The summed E-state index contributed by atoms with van der Waals surface area (Å²) in [4.78, 5) is 11.3.